The molecule has 0 heterocycles. The molecule has 0 atom stereocenters. The molecule has 0 saturated heterocycles. The van der Waals surface area contributed by atoms with Crippen LogP contribution in [0.3, 0.4) is 0 Å². The summed E-state index contributed by atoms with van der Waals surface area (Å²) in [5, 5.41) is 3.41. The molecule has 0 saturated carbocycles. The Balaban J connectivity index is 1.90. The van der Waals surface area contributed by atoms with Gasteiger partial charge in [0.15, 0.2) is 0 Å². The fraction of sp³-hybridized carbons (Fsp3) is 0.300. The van der Waals surface area contributed by atoms with Crippen molar-refractivity contribution in [1.29, 1.82) is 0 Å². The van der Waals surface area contributed by atoms with Gasteiger partial charge in [-0.05, 0) is 48.7 Å². The first kappa shape index (κ1) is 19.8. The molecular formula is C20H23ClN2O3. The molecule has 0 aliphatic carbocycles. The molecule has 2 amide bonds. The molecule has 138 valence electrons. The third kappa shape index (κ3) is 5.49. The fourth-order valence-corrected chi connectivity index (χ4v) is 2.65. The molecule has 0 aliphatic heterocycles. The zero-order valence-corrected chi connectivity index (χ0v) is 16.0. The highest BCUT2D eigenvalue weighted by atomic mass is 35.5. The number of hydrogen-bond donors (Lipinski definition) is 1. The Bertz CT molecular complexity index is 775. The number of anilines is 1. The van der Waals surface area contributed by atoms with Gasteiger partial charge in [0, 0.05) is 24.2 Å². The van der Waals surface area contributed by atoms with Gasteiger partial charge in [0.2, 0.25) is 11.8 Å². The maximum atomic E-state index is 12.2. The van der Waals surface area contributed by atoms with Crippen LogP contribution < -0.4 is 15.0 Å². The van der Waals surface area contributed by atoms with E-state index in [0.717, 1.165) is 16.9 Å². The molecule has 5 nitrogen and oxygen atoms in total. The second-order valence-electron chi connectivity index (χ2n) is 5.99. The minimum Gasteiger partial charge on any atom is -0.497 e. The normalized spacial score (nSPS) is 10.3. The second kappa shape index (κ2) is 9.25. The van der Waals surface area contributed by atoms with Crippen molar-refractivity contribution >= 4 is 29.1 Å². The Hall–Kier alpha value is -2.53. The number of nitrogens with zero attached hydrogens (tertiary/aromatic N) is 1. The first-order chi connectivity index (χ1) is 12.4. The highest BCUT2D eigenvalue weighted by molar-refractivity contribution is 6.31. The highest BCUT2D eigenvalue weighted by Crippen LogP contribution is 2.23. The van der Waals surface area contributed by atoms with Crippen molar-refractivity contribution in [3.8, 4) is 5.75 Å². The van der Waals surface area contributed by atoms with Gasteiger partial charge in [0.1, 0.15) is 12.3 Å². The molecule has 26 heavy (non-hydrogen) atoms. The van der Waals surface area contributed by atoms with E-state index in [1.807, 2.05) is 37.3 Å². The van der Waals surface area contributed by atoms with Crippen LogP contribution in [0.1, 0.15) is 18.1 Å². The van der Waals surface area contributed by atoms with Gasteiger partial charge in [-0.2, -0.15) is 0 Å². The number of halogens is 1. The monoisotopic (exact) mass is 374 g/mol. The lowest BCUT2D eigenvalue weighted by atomic mass is 10.1. The van der Waals surface area contributed by atoms with Crippen LogP contribution in [-0.4, -0.2) is 32.0 Å². The Morgan fingerprint density at radius 1 is 1.15 bits per heavy atom. The van der Waals surface area contributed by atoms with E-state index < -0.39 is 0 Å². The molecule has 0 aliphatic rings. The lowest BCUT2D eigenvalue weighted by Gasteiger charge is -2.21. The van der Waals surface area contributed by atoms with Gasteiger partial charge in [-0.1, -0.05) is 29.8 Å². The summed E-state index contributed by atoms with van der Waals surface area (Å²) >= 11 is 6.12. The third-order valence-corrected chi connectivity index (χ3v) is 4.45. The summed E-state index contributed by atoms with van der Waals surface area (Å²) in [6, 6.07) is 13.0. The standard InChI is InChI=1S/C20H23ClN2O3/c1-14-4-7-17(12-19(14)21)23(15(2)24)13-20(25)22-11-10-16-5-8-18(26-3)9-6-16/h4-9,12H,10-11,13H2,1-3H3,(H,22,25). The maximum Gasteiger partial charge on any atom is 0.240 e. The van der Waals surface area contributed by atoms with Crippen molar-refractivity contribution in [2.24, 2.45) is 0 Å². The average Bonchev–Trinajstić information content (AvgIpc) is 2.62. The number of rotatable bonds is 7. The van der Waals surface area contributed by atoms with Crippen LogP contribution in [0.15, 0.2) is 42.5 Å². The number of aryl methyl sites for hydroxylation is 1. The van der Waals surface area contributed by atoms with Crippen LogP contribution in [0.25, 0.3) is 0 Å². The summed E-state index contributed by atoms with van der Waals surface area (Å²) in [4.78, 5) is 25.5. The lowest BCUT2D eigenvalue weighted by Crippen LogP contribution is -2.40. The largest absolute Gasteiger partial charge is 0.497 e. The van der Waals surface area contributed by atoms with Gasteiger partial charge >= 0.3 is 0 Å². The van der Waals surface area contributed by atoms with E-state index in [2.05, 4.69) is 5.32 Å². The van der Waals surface area contributed by atoms with Crippen LogP contribution in [0, 0.1) is 6.92 Å². The van der Waals surface area contributed by atoms with E-state index in [1.165, 1.54) is 11.8 Å². The second-order valence-corrected chi connectivity index (χ2v) is 6.39. The molecular weight excluding hydrogens is 352 g/mol. The first-order valence-corrected chi connectivity index (χ1v) is 8.72. The van der Waals surface area contributed by atoms with E-state index in [1.54, 1.807) is 19.2 Å². The van der Waals surface area contributed by atoms with Crippen LogP contribution >= 0.6 is 11.6 Å². The number of benzene rings is 2. The predicted octanol–water partition coefficient (Wildman–Crippen LogP) is 3.37. The lowest BCUT2D eigenvalue weighted by molar-refractivity contribution is -0.123. The maximum absolute atomic E-state index is 12.2. The van der Waals surface area contributed by atoms with Gasteiger partial charge < -0.3 is 15.0 Å². The minimum absolute atomic E-state index is 0.0443. The zero-order chi connectivity index (χ0) is 19.1. The van der Waals surface area contributed by atoms with Crippen molar-refractivity contribution < 1.29 is 14.3 Å². The Morgan fingerprint density at radius 3 is 2.42 bits per heavy atom. The van der Waals surface area contributed by atoms with Crippen LogP contribution in [-0.2, 0) is 16.0 Å². The van der Waals surface area contributed by atoms with Crippen LogP contribution in [0.5, 0.6) is 5.75 Å². The van der Waals surface area contributed by atoms with Crippen LogP contribution in [0.2, 0.25) is 5.02 Å². The van der Waals surface area contributed by atoms with Crippen molar-refractivity contribution in [2.45, 2.75) is 20.3 Å². The first-order valence-electron chi connectivity index (χ1n) is 8.34. The van der Waals surface area contributed by atoms with Crippen molar-refractivity contribution in [3.63, 3.8) is 0 Å². The van der Waals surface area contributed by atoms with Gasteiger partial charge in [-0.15, -0.1) is 0 Å². The fourth-order valence-electron chi connectivity index (χ4n) is 2.47. The summed E-state index contributed by atoms with van der Waals surface area (Å²) in [6.45, 7) is 3.76. The number of amides is 2. The number of methoxy groups -OCH3 is 1. The Kier molecular flexibility index (Phi) is 7.04. The summed E-state index contributed by atoms with van der Waals surface area (Å²) < 4.78 is 5.12. The van der Waals surface area contributed by atoms with E-state index in [9.17, 15) is 9.59 Å². The molecule has 0 unspecified atom stereocenters. The summed E-state index contributed by atoms with van der Waals surface area (Å²) in [7, 11) is 1.62. The molecule has 0 bridgehead atoms. The van der Waals surface area contributed by atoms with E-state index >= 15 is 0 Å². The van der Waals surface area contributed by atoms with E-state index in [4.69, 9.17) is 16.3 Å². The topological polar surface area (TPSA) is 58.6 Å². The van der Waals surface area contributed by atoms with Gasteiger partial charge in [-0.25, -0.2) is 0 Å². The van der Waals surface area contributed by atoms with Crippen molar-refractivity contribution in [1.82, 2.24) is 5.32 Å². The summed E-state index contributed by atoms with van der Waals surface area (Å²) in [5.41, 5.74) is 2.63. The van der Waals surface area contributed by atoms with E-state index in [-0.39, 0.29) is 18.4 Å². The quantitative estimate of drug-likeness (QED) is 0.808. The third-order valence-electron chi connectivity index (χ3n) is 4.04. The zero-order valence-electron chi connectivity index (χ0n) is 15.2. The molecule has 0 fully saturated rings. The predicted molar refractivity (Wildman–Crippen MR) is 104 cm³/mol. The molecule has 2 aromatic rings. The van der Waals surface area contributed by atoms with Crippen molar-refractivity contribution in [2.75, 3.05) is 25.1 Å². The Labute approximate surface area is 158 Å². The smallest absolute Gasteiger partial charge is 0.240 e. The highest BCUT2D eigenvalue weighted by Gasteiger charge is 2.16. The Morgan fingerprint density at radius 2 is 1.85 bits per heavy atom. The van der Waals surface area contributed by atoms with Crippen LogP contribution in [0.4, 0.5) is 5.69 Å². The summed E-state index contributed by atoms with van der Waals surface area (Å²) in [6.07, 6.45) is 0.701. The average molecular weight is 375 g/mol. The summed E-state index contributed by atoms with van der Waals surface area (Å²) in [5.74, 6) is 0.368. The number of carbonyl (C=O) groups is 2. The van der Waals surface area contributed by atoms with E-state index in [0.29, 0.717) is 23.7 Å². The molecule has 2 aromatic carbocycles. The van der Waals surface area contributed by atoms with Gasteiger partial charge in [0.05, 0.1) is 7.11 Å². The molecule has 0 spiro atoms. The molecule has 0 aromatic heterocycles. The molecule has 2 rings (SSSR count). The number of nitrogens with one attached hydrogen (secondary N) is 1. The van der Waals surface area contributed by atoms with Crippen molar-refractivity contribution in [3.05, 3.63) is 58.6 Å². The molecule has 1 N–H and O–H groups in total. The molecule has 0 radical (unpaired) electrons. The number of carbonyl (C=O) groups excluding carboxylic acids is 2. The number of hydrogen-bond acceptors (Lipinski definition) is 3. The van der Waals surface area contributed by atoms with Gasteiger partial charge in [-0.3, -0.25) is 9.59 Å². The van der Waals surface area contributed by atoms with Gasteiger partial charge in [0.25, 0.3) is 0 Å². The number of ether oxygens (including phenoxy) is 1. The SMILES string of the molecule is COc1ccc(CCNC(=O)CN(C(C)=O)c2ccc(C)c(Cl)c2)cc1. The minimum atomic E-state index is -0.217. The molecule has 6 heteroatoms.